The number of nitrogens with one attached hydrogen (secondary N) is 1. The van der Waals surface area contributed by atoms with Crippen LogP contribution in [0.2, 0.25) is 0 Å². The molecule has 6 heteroatoms. The average Bonchev–Trinajstić information content (AvgIpc) is 2.61. The number of hydrogen-bond donors (Lipinski definition) is 2. The highest BCUT2D eigenvalue weighted by molar-refractivity contribution is 5.85. The van der Waals surface area contributed by atoms with Gasteiger partial charge >= 0.3 is 0 Å². The number of methoxy groups -OCH3 is 2. The van der Waals surface area contributed by atoms with Crippen LogP contribution in [0, 0.1) is 6.92 Å². The van der Waals surface area contributed by atoms with E-state index < -0.39 is 0 Å². The van der Waals surface area contributed by atoms with E-state index in [0.717, 1.165) is 5.56 Å². The zero-order valence-corrected chi connectivity index (χ0v) is 17.1. The van der Waals surface area contributed by atoms with Crippen molar-refractivity contribution in [3.8, 4) is 11.5 Å². The maximum absolute atomic E-state index is 12.3. The van der Waals surface area contributed by atoms with E-state index in [1.807, 2.05) is 37.3 Å². The predicted molar refractivity (Wildman–Crippen MR) is 111 cm³/mol. The van der Waals surface area contributed by atoms with Crippen molar-refractivity contribution in [3.05, 3.63) is 59.2 Å². The van der Waals surface area contributed by atoms with Gasteiger partial charge in [0.25, 0.3) is 0 Å². The zero-order chi connectivity index (χ0) is 19.1. The van der Waals surface area contributed by atoms with Crippen LogP contribution >= 0.6 is 12.4 Å². The lowest BCUT2D eigenvalue weighted by atomic mass is 9.95. The molecule has 2 aromatic carbocycles. The molecule has 0 saturated carbocycles. The van der Waals surface area contributed by atoms with Crippen molar-refractivity contribution >= 4 is 18.3 Å². The zero-order valence-electron chi connectivity index (χ0n) is 16.3. The topological polar surface area (TPSA) is 73.6 Å². The first kappa shape index (κ1) is 22.8. The molecule has 3 N–H and O–H groups in total. The Morgan fingerprint density at radius 3 is 2.37 bits per heavy atom. The molecule has 0 aliphatic carbocycles. The molecule has 2 rings (SSSR count). The second-order valence-corrected chi connectivity index (χ2v) is 6.55. The van der Waals surface area contributed by atoms with Crippen molar-refractivity contribution in [1.29, 1.82) is 0 Å². The number of hydrogen-bond acceptors (Lipinski definition) is 4. The summed E-state index contributed by atoms with van der Waals surface area (Å²) in [6.07, 6.45) is 0.977. The number of aryl methyl sites for hydroxylation is 1. The number of carbonyl (C=O) groups is 1. The molecule has 0 aliphatic heterocycles. The Morgan fingerprint density at radius 1 is 1.11 bits per heavy atom. The van der Waals surface area contributed by atoms with Gasteiger partial charge in [-0.15, -0.1) is 12.4 Å². The summed E-state index contributed by atoms with van der Waals surface area (Å²) in [6.45, 7) is 3.90. The third-order valence-electron chi connectivity index (χ3n) is 4.34. The van der Waals surface area contributed by atoms with E-state index in [-0.39, 0.29) is 36.8 Å². The number of halogens is 1. The molecule has 0 heterocycles. The van der Waals surface area contributed by atoms with Crippen LogP contribution in [0.25, 0.3) is 0 Å². The Kier molecular flexibility index (Phi) is 9.12. The van der Waals surface area contributed by atoms with Crippen LogP contribution in [0.15, 0.2) is 42.5 Å². The first-order valence-corrected chi connectivity index (χ1v) is 8.76. The Labute approximate surface area is 167 Å². The third-order valence-corrected chi connectivity index (χ3v) is 4.34. The summed E-state index contributed by atoms with van der Waals surface area (Å²) in [5, 5.41) is 3.11. The van der Waals surface area contributed by atoms with Gasteiger partial charge in [-0.3, -0.25) is 4.79 Å². The monoisotopic (exact) mass is 392 g/mol. The summed E-state index contributed by atoms with van der Waals surface area (Å²) in [5.74, 6) is 1.24. The summed E-state index contributed by atoms with van der Waals surface area (Å²) in [5.41, 5.74) is 9.11. The first-order valence-electron chi connectivity index (χ1n) is 8.76. The lowest BCUT2D eigenvalue weighted by Gasteiger charge is -2.22. The van der Waals surface area contributed by atoms with E-state index in [0.29, 0.717) is 17.9 Å². The van der Waals surface area contributed by atoms with E-state index in [1.165, 1.54) is 11.1 Å². The predicted octanol–water partition coefficient (Wildman–Crippen LogP) is 3.57. The molecule has 148 valence electrons. The molecule has 2 unspecified atom stereocenters. The van der Waals surface area contributed by atoms with Gasteiger partial charge in [-0.2, -0.15) is 0 Å². The van der Waals surface area contributed by atoms with Crippen molar-refractivity contribution in [3.63, 3.8) is 0 Å². The minimum Gasteiger partial charge on any atom is -0.493 e. The summed E-state index contributed by atoms with van der Waals surface area (Å²) in [6, 6.07) is 13.5. The number of carbonyl (C=O) groups excluding carboxylic acids is 1. The Bertz CT molecular complexity index is 750. The van der Waals surface area contributed by atoms with Crippen LogP contribution in [0.3, 0.4) is 0 Å². The molecule has 2 atom stereocenters. The van der Waals surface area contributed by atoms with Crippen LogP contribution in [-0.4, -0.2) is 26.2 Å². The number of rotatable bonds is 8. The lowest BCUT2D eigenvalue weighted by Crippen LogP contribution is -2.34. The highest BCUT2D eigenvalue weighted by Gasteiger charge is 2.19. The molecule has 0 radical (unpaired) electrons. The smallest absolute Gasteiger partial charge is 0.222 e. The molecule has 0 fully saturated rings. The van der Waals surface area contributed by atoms with Gasteiger partial charge in [0.2, 0.25) is 5.91 Å². The summed E-state index contributed by atoms with van der Waals surface area (Å²) >= 11 is 0. The van der Waals surface area contributed by atoms with Crippen LogP contribution < -0.4 is 20.5 Å². The number of benzene rings is 2. The normalized spacial score (nSPS) is 12.5. The molecule has 0 aliphatic rings. The van der Waals surface area contributed by atoms with E-state index in [4.69, 9.17) is 15.2 Å². The quantitative estimate of drug-likeness (QED) is 0.720. The maximum atomic E-state index is 12.3. The number of nitrogens with two attached hydrogens (primary N) is 1. The number of ether oxygens (including phenoxy) is 2. The van der Waals surface area contributed by atoms with Gasteiger partial charge in [0.15, 0.2) is 11.5 Å². The Balaban J connectivity index is 0.00000364. The van der Waals surface area contributed by atoms with Crippen molar-refractivity contribution in [2.45, 2.75) is 38.8 Å². The molecule has 27 heavy (non-hydrogen) atoms. The van der Waals surface area contributed by atoms with Gasteiger partial charge in [-0.25, -0.2) is 0 Å². The largest absolute Gasteiger partial charge is 0.493 e. The first-order chi connectivity index (χ1) is 12.4. The fraction of sp³-hybridized carbons (Fsp3) is 0.381. The van der Waals surface area contributed by atoms with Gasteiger partial charge < -0.3 is 20.5 Å². The van der Waals surface area contributed by atoms with Crippen molar-refractivity contribution in [2.75, 3.05) is 14.2 Å². The third kappa shape index (κ3) is 6.45. The van der Waals surface area contributed by atoms with Gasteiger partial charge in [-0.1, -0.05) is 30.3 Å². The van der Waals surface area contributed by atoms with Gasteiger partial charge in [0, 0.05) is 12.5 Å². The second kappa shape index (κ2) is 10.8. The van der Waals surface area contributed by atoms with Crippen LogP contribution in [0.4, 0.5) is 0 Å². The molecule has 0 saturated heterocycles. The summed E-state index contributed by atoms with van der Waals surface area (Å²) in [4.78, 5) is 12.3. The van der Waals surface area contributed by atoms with Gasteiger partial charge in [0.05, 0.1) is 20.3 Å². The standard InChI is InChI=1S/C21H28N2O3.ClH/c1-14-7-5-6-8-16(14)12-18(23-21(24)11-15(2)22)17-9-10-19(25-3)20(13-17)26-4;/h5-10,13,15,18H,11-12,22H2,1-4H3,(H,23,24);1H. The van der Waals surface area contributed by atoms with Gasteiger partial charge in [0.1, 0.15) is 0 Å². The Morgan fingerprint density at radius 2 is 1.78 bits per heavy atom. The van der Waals surface area contributed by atoms with Crippen molar-refractivity contribution in [1.82, 2.24) is 5.32 Å². The average molecular weight is 393 g/mol. The second-order valence-electron chi connectivity index (χ2n) is 6.55. The maximum Gasteiger partial charge on any atom is 0.222 e. The van der Waals surface area contributed by atoms with Crippen LogP contribution in [-0.2, 0) is 11.2 Å². The van der Waals surface area contributed by atoms with Crippen molar-refractivity contribution < 1.29 is 14.3 Å². The SMILES string of the molecule is COc1ccc(C(Cc2ccccc2C)NC(=O)CC(C)N)cc1OC.Cl. The fourth-order valence-electron chi connectivity index (χ4n) is 2.93. The van der Waals surface area contributed by atoms with Crippen LogP contribution in [0.1, 0.15) is 36.1 Å². The summed E-state index contributed by atoms with van der Waals surface area (Å²) < 4.78 is 10.7. The minimum atomic E-state index is -0.181. The molecule has 5 nitrogen and oxygen atoms in total. The van der Waals surface area contributed by atoms with E-state index in [9.17, 15) is 4.79 Å². The van der Waals surface area contributed by atoms with E-state index >= 15 is 0 Å². The fourth-order valence-corrected chi connectivity index (χ4v) is 2.93. The highest BCUT2D eigenvalue weighted by atomic mass is 35.5. The molecule has 0 spiro atoms. The summed E-state index contributed by atoms with van der Waals surface area (Å²) in [7, 11) is 3.21. The molecule has 0 bridgehead atoms. The van der Waals surface area contributed by atoms with Gasteiger partial charge in [-0.05, 0) is 49.1 Å². The molecular weight excluding hydrogens is 364 g/mol. The minimum absolute atomic E-state index is 0. The number of amides is 1. The molecule has 1 amide bonds. The molecule has 2 aromatic rings. The highest BCUT2D eigenvalue weighted by Crippen LogP contribution is 2.31. The molecule has 0 aromatic heterocycles. The van der Waals surface area contributed by atoms with Crippen molar-refractivity contribution in [2.24, 2.45) is 5.73 Å². The Hall–Kier alpha value is -2.24. The van der Waals surface area contributed by atoms with Crippen LogP contribution in [0.5, 0.6) is 11.5 Å². The van der Waals surface area contributed by atoms with E-state index in [1.54, 1.807) is 14.2 Å². The molecular formula is C21H29ClN2O3. The lowest BCUT2D eigenvalue weighted by molar-refractivity contribution is -0.122. The van der Waals surface area contributed by atoms with E-state index in [2.05, 4.69) is 24.4 Å².